The maximum absolute atomic E-state index is 12.5. The highest BCUT2D eigenvalue weighted by atomic mass is 35.5. The van der Waals surface area contributed by atoms with E-state index in [2.05, 4.69) is 26.2 Å². The number of nitrogens with zero attached hydrogens (tertiary/aromatic N) is 4. The highest BCUT2D eigenvalue weighted by Crippen LogP contribution is 2.25. The Bertz CT molecular complexity index is 1240. The van der Waals surface area contributed by atoms with Gasteiger partial charge in [-0.15, -0.1) is 0 Å². The highest BCUT2D eigenvalue weighted by Gasteiger charge is 2.14. The first-order valence-electron chi connectivity index (χ1n) is 11.2. The first-order chi connectivity index (χ1) is 16.1. The fourth-order valence-corrected chi connectivity index (χ4v) is 4.13. The monoisotopic (exact) mass is 461 g/mol. The van der Waals surface area contributed by atoms with Crippen molar-refractivity contribution in [1.29, 1.82) is 0 Å². The third-order valence-electron chi connectivity index (χ3n) is 5.72. The summed E-state index contributed by atoms with van der Waals surface area (Å²) in [4.78, 5) is 21.6. The van der Waals surface area contributed by atoms with Gasteiger partial charge in [0.05, 0.1) is 5.69 Å². The number of aromatic nitrogens is 4. The molecule has 1 amide bonds. The van der Waals surface area contributed by atoms with Gasteiger partial charge in [0.2, 0.25) is 17.6 Å². The first-order valence-corrected chi connectivity index (χ1v) is 11.6. The molecule has 168 valence electrons. The molecule has 0 bridgehead atoms. The van der Waals surface area contributed by atoms with Crippen LogP contribution in [-0.4, -0.2) is 25.6 Å². The maximum Gasteiger partial charge on any atom is 0.226 e. The number of benzene rings is 2. The molecule has 0 spiro atoms. The minimum atomic E-state index is -0.0475. The summed E-state index contributed by atoms with van der Waals surface area (Å²) in [6.07, 6.45) is 7.04. The summed E-state index contributed by atoms with van der Waals surface area (Å²) in [7, 11) is 0. The molecule has 3 heterocycles. The molecule has 33 heavy (non-hydrogen) atoms. The lowest BCUT2D eigenvalue weighted by Crippen LogP contribution is -2.11. The molecular weight excluding hydrogens is 438 g/mol. The molecule has 7 nitrogen and oxygen atoms in total. The zero-order valence-corrected chi connectivity index (χ0v) is 18.9. The molecule has 2 aromatic heterocycles. The van der Waals surface area contributed by atoms with Crippen LogP contribution in [0, 0.1) is 0 Å². The number of imidazole rings is 1. The Kier molecular flexibility index (Phi) is 6.21. The highest BCUT2D eigenvalue weighted by molar-refractivity contribution is 6.30. The standard InChI is InChI=1S/C25H24ClN5O2/c26-19-12-10-17(11-13-19)25-29-24(33-30-25)9-4-8-23(32)27-20-6-3-5-18(15-20)21-16-31-14-2-1-7-22(31)28-21/h3,5-6,10-13,15-16H,1-2,4,7-9,14H2,(H,27,32). The van der Waals surface area contributed by atoms with Crippen molar-refractivity contribution < 1.29 is 9.32 Å². The zero-order chi connectivity index (χ0) is 22.6. The van der Waals surface area contributed by atoms with Crippen LogP contribution in [0.25, 0.3) is 22.6 Å². The molecule has 0 unspecified atom stereocenters. The summed E-state index contributed by atoms with van der Waals surface area (Å²) in [5, 5.41) is 7.65. The SMILES string of the molecule is O=C(CCCc1nc(-c2ccc(Cl)cc2)no1)Nc1cccc(-c2cn3c(n2)CCCC3)c1. The average Bonchev–Trinajstić information content (AvgIpc) is 3.47. The number of aryl methyl sites for hydroxylation is 3. The molecule has 0 fully saturated rings. The largest absolute Gasteiger partial charge is 0.339 e. The Morgan fingerprint density at radius 3 is 2.82 bits per heavy atom. The Hall–Kier alpha value is -3.45. The van der Waals surface area contributed by atoms with Crippen molar-refractivity contribution in [3.05, 3.63) is 71.5 Å². The predicted molar refractivity (Wildman–Crippen MR) is 127 cm³/mol. The summed E-state index contributed by atoms with van der Waals surface area (Å²) >= 11 is 5.92. The third-order valence-corrected chi connectivity index (χ3v) is 5.97. The quantitative estimate of drug-likeness (QED) is 0.390. The van der Waals surface area contributed by atoms with Crippen LogP contribution in [0.2, 0.25) is 5.02 Å². The minimum absolute atomic E-state index is 0.0475. The molecule has 5 rings (SSSR count). The number of amides is 1. The Balaban J connectivity index is 1.15. The maximum atomic E-state index is 12.5. The van der Waals surface area contributed by atoms with E-state index in [0.717, 1.165) is 41.3 Å². The van der Waals surface area contributed by atoms with Gasteiger partial charge in [-0.25, -0.2) is 4.98 Å². The van der Waals surface area contributed by atoms with E-state index in [4.69, 9.17) is 21.1 Å². The topological polar surface area (TPSA) is 85.8 Å². The average molecular weight is 462 g/mol. The van der Waals surface area contributed by atoms with Crippen molar-refractivity contribution >= 4 is 23.2 Å². The number of halogens is 1. The van der Waals surface area contributed by atoms with Crippen LogP contribution in [0.3, 0.4) is 0 Å². The van der Waals surface area contributed by atoms with E-state index in [1.165, 1.54) is 12.8 Å². The number of carbonyl (C=O) groups is 1. The molecule has 2 aromatic carbocycles. The molecular formula is C25H24ClN5O2. The minimum Gasteiger partial charge on any atom is -0.339 e. The zero-order valence-electron chi connectivity index (χ0n) is 18.1. The fraction of sp³-hybridized carbons (Fsp3) is 0.280. The fourth-order valence-electron chi connectivity index (χ4n) is 4.00. The summed E-state index contributed by atoms with van der Waals surface area (Å²) in [5.41, 5.74) is 3.57. The van der Waals surface area contributed by atoms with E-state index in [1.54, 1.807) is 12.1 Å². The van der Waals surface area contributed by atoms with Gasteiger partial charge in [-0.3, -0.25) is 4.79 Å². The van der Waals surface area contributed by atoms with Crippen LogP contribution in [0.1, 0.15) is 37.4 Å². The second-order valence-corrected chi connectivity index (χ2v) is 8.63. The summed E-state index contributed by atoms with van der Waals surface area (Å²) < 4.78 is 7.55. The van der Waals surface area contributed by atoms with E-state index >= 15 is 0 Å². The second kappa shape index (κ2) is 9.58. The molecule has 0 radical (unpaired) electrons. The number of rotatable bonds is 7. The summed E-state index contributed by atoms with van der Waals surface area (Å²) in [6.45, 7) is 1.03. The first kappa shape index (κ1) is 21.4. The van der Waals surface area contributed by atoms with Gasteiger partial charge in [-0.05, 0) is 55.7 Å². The van der Waals surface area contributed by atoms with Crippen LogP contribution in [0.5, 0.6) is 0 Å². The third kappa shape index (κ3) is 5.14. The molecule has 0 saturated carbocycles. The van der Waals surface area contributed by atoms with Crippen molar-refractivity contribution in [3.8, 4) is 22.6 Å². The smallest absolute Gasteiger partial charge is 0.226 e. The van der Waals surface area contributed by atoms with Crippen molar-refractivity contribution in [2.24, 2.45) is 0 Å². The lowest BCUT2D eigenvalue weighted by atomic mass is 10.1. The lowest BCUT2D eigenvalue weighted by molar-refractivity contribution is -0.116. The number of hydrogen-bond donors (Lipinski definition) is 1. The van der Waals surface area contributed by atoms with Gasteiger partial charge in [0.15, 0.2) is 0 Å². The molecule has 8 heteroatoms. The molecule has 0 atom stereocenters. The predicted octanol–water partition coefficient (Wildman–Crippen LogP) is 5.55. The van der Waals surface area contributed by atoms with Gasteiger partial charge in [0.25, 0.3) is 0 Å². The van der Waals surface area contributed by atoms with Crippen molar-refractivity contribution in [2.75, 3.05) is 5.32 Å². The van der Waals surface area contributed by atoms with E-state index < -0.39 is 0 Å². The van der Waals surface area contributed by atoms with E-state index in [9.17, 15) is 4.79 Å². The second-order valence-electron chi connectivity index (χ2n) is 8.19. The van der Waals surface area contributed by atoms with E-state index in [0.29, 0.717) is 36.0 Å². The number of nitrogens with one attached hydrogen (secondary N) is 1. The molecule has 1 aliphatic rings. The Morgan fingerprint density at radius 1 is 1.09 bits per heavy atom. The van der Waals surface area contributed by atoms with Crippen molar-refractivity contribution in [2.45, 2.75) is 45.1 Å². The molecule has 1 N–H and O–H groups in total. The van der Waals surface area contributed by atoms with Gasteiger partial charge in [0, 0.05) is 53.8 Å². The molecule has 4 aromatic rings. The summed E-state index contributed by atoms with van der Waals surface area (Å²) in [5.74, 6) is 2.13. The van der Waals surface area contributed by atoms with E-state index in [1.807, 2.05) is 36.4 Å². The number of fused-ring (bicyclic) bond motifs is 1. The van der Waals surface area contributed by atoms with Crippen LogP contribution in [0.4, 0.5) is 5.69 Å². The van der Waals surface area contributed by atoms with Gasteiger partial charge < -0.3 is 14.4 Å². The van der Waals surface area contributed by atoms with Crippen LogP contribution in [0.15, 0.2) is 59.3 Å². The van der Waals surface area contributed by atoms with Crippen LogP contribution >= 0.6 is 11.6 Å². The number of carbonyl (C=O) groups excluding carboxylic acids is 1. The lowest BCUT2D eigenvalue weighted by Gasteiger charge is -2.11. The number of anilines is 1. The van der Waals surface area contributed by atoms with E-state index in [-0.39, 0.29) is 5.91 Å². The Labute approximate surface area is 196 Å². The van der Waals surface area contributed by atoms with Gasteiger partial charge in [-0.2, -0.15) is 4.98 Å². The Morgan fingerprint density at radius 2 is 1.97 bits per heavy atom. The van der Waals surface area contributed by atoms with Gasteiger partial charge in [0.1, 0.15) is 5.82 Å². The molecule has 0 saturated heterocycles. The summed E-state index contributed by atoms with van der Waals surface area (Å²) in [6, 6.07) is 15.1. The van der Waals surface area contributed by atoms with Crippen molar-refractivity contribution in [3.63, 3.8) is 0 Å². The number of hydrogen-bond acceptors (Lipinski definition) is 5. The van der Waals surface area contributed by atoms with Gasteiger partial charge >= 0.3 is 0 Å². The molecule has 0 aliphatic carbocycles. The van der Waals surface area contributed by atoms with Crippen molar-refractivity contribution in [1.82, 2.24) is 19.7 Å². The normalized spacial score (nSPS) is 13.0. The molecule has 1 aliphatic heterocycles. The van der Waals surface area contributed by atoms with Gasteiger partial charge in [-0.1, -0.05) is 28.9 Å². The van der Waals surface area contributed by atoms with Crippen LogP contribution in [-0.2, 0) is 24.2 Å². The van der Waals surface area contributed by atoms with Crippen LogP contribution < -0.4 is 5.32 Å².